The smallest absolute Gasteiger partial charge is 0.122 e. The Morgan fingerprint density at radius 3 is 2.73 bits per heavy atom. The van der Waals surface area contributed by atoms with Gasteiger partial charge in [0.25, 0.3) is 0 Å². The second kappa shape index (κ2) is 5.68. The summed E-state index contributed by atoms with van der Waals surface area (Å²) in [5.74, 6) is 6.81. The third-order valence-electron chi connectivity index (χ3n) is 2.26. The number of hydrogen-bond acceptors (Lipinski definition) is 1. The van der Waals surface area contributed by atoms with Crippen molar-refractivity contribution in [3.05, 3.63) is 28.3 Å². The monoisotopic (exact) mass is 222 g/mol. The highest BCUT2D eigenvalue weighted by Crippen LogP contribution is 2.27. The molecule has 1 nitrogen and oxygen atoms in total. The summed E-state index contributed by atoms with van der Waals surface area (Å²) in [5, 5.41) is 0.787. The maximum atomic E-state index is 6.06. The first-order valence-corrected chi connectivity index (χ1v) is 5.29. The zero-order valence-corrected chi connectivity index (χ0v) is 10.1. The normalized spacial score (nSPS) is 9.33. The van der Waals surface area contributed by atoms with E-state index in [1.54, 1.807) is 7.11 Å². The van der Waals surface area contributed by atoms with Gasteiger partial charge in [0.05, 0.1) is 7.11 Å². The van der Waals surface area contributed by atoms with Crippen LogP contribution in [0, 0.1) is 18.8 Å². The molecule has 0 spiro atoms. The van der Waals surface area contributed by atoms with Gasteiger partial charge in [-0.05, 0) is 43.5 Å². The van der Waals surface area contributed by atoms with Crippen molar-refractivity contribution in [2.75, 3.05) is 7.11 Å². The van der Waals surface area contributed by atoms with Crippen LogP contribution in [0.5, 0.6) is 5.75 Å². The zero-order chi connectivity index (χ0) is 11.3. The third kappa shape index (κ3) is 3.18. The van der Waals surface area contributed by atoms with Gasteiger partial charge < -0.3 is 4.74 Å². The van der Waals surface area contributed by atoms with Crippen molar-refractivity contribution in [1.82, 2.24) is 0 Å². The van der Waals surface area contributed by atoms with Crippen molar-refractivity contribution >= 4 is 11.6 Å². The van der Waals surface area contributed by atoms with Crippen molar-refractivity contribution in [2.45, 2.75) is 26.7 Å². The lowest BCUT2D eigenvalue weighted by molar-refractivity contribution is 0.409. The van der Waals surface area contributed by atoms with Gasteiger partial charge in [-0.2, -0.15) is 0 Å². The van der Waals surface area contributed by atoms with Gasteiger partial charge in [0, 0.05) is 11.4 Å². The SMILES string of the molecule is CC#CCCc1cc(Cl)c(C)cc1OC. The number of aryl methyl sites for hydroxylation is 2. The van der Waals surface area contributed by atoms with Gasteiger partial charge in [-0.25, -0.2) is 0 Å². The average molecular weight is 223 g/mol. The highest BCUT2D eigenvalue weighted by molar-refractivity contribution is 6.31. The molecule has 0 bridgehead atoms. The zero-order valence-electron chi connectivity index (χ0n) is 9.36. The number of halogens is 1. The summed E-state index contributed by atoms with van der Waals surface area (Å²) >= 11 is 6.06. The number of methoxy groups -OCH3 is 1. The Morgan fingerprint density at radius 2 is 2.13 bits per heavy atom. The van der Waals surface area contributed by atoms with Crippen LogP contribution in [0.2, 0.25) is 5.02 Å². The lowest BCUT2D eigenvalue weighted by Crippen LogP contribution is -1.93. The fourth-order valence-corrected chi connectivity index (χ4v) is 1.59. The molecule has 1 aromatic carbocycles. The quantitative estimate of drug-likeness (QED) is 0.710. The first-order valence-electron chi connectivity index (χ1n) is 4.91. The molecule has 0 saturated heterocycles. The average Bonchev–Trinajstić information content (AvgIpc) is 2.23. The molecule has 0 atom stereocenters. The Kier molecular flexibility index (Phi) is 4.52. The lowest BCUT2D eigenvalue weighted by atomic mass is 10.1. The van der Waals surface area contributed by atoms with Crippen LogP contribution in [-0.2, 0) is 6.42 Å². The Hall–Kier alpha value is -1.13. The van der Waals surface area contributed by atoms with E-state index in [1.807, 2.05) is 26.0 Å². The van der Waals surface area contributed by atoms with Crippen molar-refractivity contribution in [1.29, 1.82) is 0 Å². The summed E-state index contributed by atoms with van der Waals surface area (Å²) in [4.78, 5) is 0. The van der Waals surface area contributed by atoms with Crippen molar-refractivity contribution in [3.63, 3.8) is 0 Å². The van der Waals surface area contributed by atoms with Gasteiger partial charge in [0.2, 0.25) is 0 Å². The van der Waals surface area contributed by atoms with Gasteiger partial charge in [0.1, 0.15) is 5.75 Å². The van der Waals surface area contributed by atoms with E-state index in [9.17, 15) is 0 Å². The number of hydrogen-bond donors (Lipinski definition) is 0. The lowest BCUT2D eigenvalue weighted by Gasteiger charge is -2.09. The van der Waals surface area contributed by atoms with Crippen LogP contribution < -0.4 is 4.74 Å². The molecule has 0 aliphatic carbocycles. The van der Waals surface area contributed by atoms with Gasteiger partial charge >= 0.3 is 0 Å². The van der Waals surface area contributed by atoms with E-state index in [0.29, 0.717) is 0 Å². The Morgan fingerprint density at radius 1 is 1.40 bits per heavy atom. The number of benzene rings is 1. The highest BCUT2D eigenvalue weighted by Gasteiger charge is 2.05. The van der Waals surface area contributed by atoms with Crippen molar-refractivity contribution in [3.8, 4) is 17.6 Å². The van der Waals surface area contributed by atoms with E-state index in [2.05, 4.69) is 11.8 Å². The molecule has 80 valence electrons. The van der Waals surface area contributed by atoms with E-state index >= 15 is 0 Å². The molecule has 15 heavy (non-hydrogen) atoms. The third-order valence-corrected chi connectivity index (χ3v) is 2.66. The van der Waals surface area contributed by atoms with E-state index in [-0.39, 0.29) is 0 Å². The van der Waals surface area contributed by atoms with Gasteiger partial charge in [-0.1, -0.05) is 11.6 Å². The molecule has 1 aromatic rings. The van der Waals surface area contributed by atoms with Crippen LogP contribution in [-0.4, -0.2) is 7.11 Å². The fraction of sp³-hybridized carbons (Fsp3) is 0.385. The molecule has 0 N–H and O–H groups in total. The second-order valence-corrected chi connectivity index (χ2v) is 3.75. The summed E-state index contributed by atoms with van der Waals surface area (Å²) in [5.41, 5.74) is 2.16. The largest absolute Gasteiger partial charge is 0.496 e. The summed E-state index contributed by atoms with van der Waals surface area (Å²) < 4.78 is 5.31. The van der Waals surface area contributed by atoms with E-state index in [0.717, 1.165) is 34.7 Å². The van der Waals surface area contributed by atoms with Crippen molar-refractivity contribution in [2.24, 2.45) is 0 Å². The van der Waals surface area contributed by atoms with Gasteiger partial charge in [0.15, 0.2) is 0 Å². The molecule has 2 heteroatoms. The van der Waals surface area contributed by atoms with E-state index < -0.39 is 0 Å². The molecule has 0 amide bonds. The predicted molar refractivity (Wildman–Crippen MR) is 64.5 cm³/mol. The summed E-state index contributed by atoms with van der Waals surface area (Å²) in [6.07, 6.45) is 1.72. The molecule has 0 aromatic heterocycles. The molecule has 0 fully saturated rings. The van der Waals surface area contributed by atoms with Crippen molar-refractivity contribution < 1.29 is 4.74 Å². The van der Waals surface area contributed by atoms with Crippen LogP contribution in [0.1, 0.15) is 24.5 Å². The van der Waals surface area contributed by atoms with Crippen LogP contribution >= 0.6 is 11.6 Å². The van der Waals surface area contributed by atoms with Gasteiger partial charge in [-0.15, -0.1) is 11.8 Å². The fourth-order valence-electron chi connectivity index (χ4n) is 1.40. The maximum Gasteiger partial charge on any atom is 0.122 e. The first-order chi connectivity index (χ1) is 7.19. The predicted octanol–water partition coefficient (Wildman–Crippen LogP) is 3.61. The second-order valence-electron chi connectivity index (χ2n) is 3.34. The minimum Gasteiger partial charge on any atom is -0.496 e. The molecule has 0 unspecified atom stereocenters. The van der Waals surface area contributed by atoms with E-state index in [1.165, 1.54) is 0 Å². The summed E-state index contributed by atoms with van der Waals surface area (Å²) in [6.45, 7) is 3.82. The van der Waals surface area contributed by atoms with Crippen LogP contribution in [0.25, 0.3) is 0 Å². The van der Waals surface area contributed by atoms with E-state index in [4.69, 9.17) is 16.3 Å². The molecule has 0 saturated carbocycles. The molecule has 0 aliphatic rings. The molecule has 0 heterocycles. The highest BCUT2D eigenvalue weighted by atomic mass is 35.5. The van der Waals surface area contributed by atoms with Gasteiger partial charge in [-0.3, -0.25) is 0 Å². The molecule has 0 aliphatic heterocycles. The molecular formula is C13H15ClO. The van der Waals surface area contributed by atoms with Crippen LogP contribution in [0.15, 0.2) is 12.1 Å². The summed E-state index contributed by atoms with van der Waals surface area (Å²) in [7, 11) is 1.68. The summed E-state index contributed by atoms with van der Waals surface area (Å²) in [6, 6.07) is 3.93. The Bertz CT molecular complexity index is 399. The topological polar surface area (TPSA) is 9.23 Å². The molecule has 0 radical (unpaired) electrons. The van der Waals surface area contributed by atoms with Crippen LogP contribution in [0.3, 0.4) is 0 Å². The maximum absolute atomic E-state index is 6.06. The Balaban J connectivity index is 2.92. The molecule has 1 rings (SSSR count). The molecular weight excluding hydrogens is 208 g/mol. The minimum atomic E-state index is 0.787. The standard InChI is InChI=1S/C13H15ClO/c1-4-5-6-7-11-9-12(14)10(2)8-13(11)15-3/h8-9H,6-7H2,1-3H3. The number of ether oxygens (including phenoxy) is 1. The first kappa shape index (κ1) is 11.9. The number of rotatable bonds is 3. The van der Waals surface area contributed by atoms with Crippen LogP contribution in [0.4, 0.5) is 0 Å². The minimum absolute atomic E-state index is 0.787. The Labute approximate surface area is 96.4 Å².